The van der Waals surface area contributed by atoms with Crippen molar-refractivity contribution in [2.75, 3.05) is 0 Å². The predicted molar refractivity (Wildman–Crippen MR) is 41.8 cm³/mol. The van der Waals surface area contributed by atoms with E-state index in [1.807, 2.05) is 0 Å². The normalized spacial score (nSPS) is 10.7. The maximum absolute atomic E-state index is 11.9. The van der Waals surface area contributed by atoms with Gasteiger partial charge in [-0.2, -0.15) is 0 Å². The minimum atomic E-state index is -2.41. The SMILES string of the molecule is O=C(O)Cc1ccn(CC(F)F)c1. The van der Waals surface area contributed by atoms with Crippen LogP contribution in [0.3, 0.4) is 0 Å². The van der Waals surface area contributed by atoms with Gasteiger partial charge in [0.1, 0.15) is 0 Å². The quantitative estimate of drug-likeness (QED) is 0.777. The van der Waals surface area contributed by atoms with E-state index in [2.05, 4.69) is 0 Å². The fourth-order valence-electron chi connectivity index (χ4n) is 1.04. The van der Waals surface area contributed by atoms with Gasteiger partial charge in [-0.15, -0.1) is 0 Å². The van der Waals surface area contributed by atoms with Gasteiger partial charge in [-0.1, -0.05) is 0 Å². The number of hydrogen-bond acceptors (Lipinski definition) is 1. The third-order valence-corrected chi connectivity index (χ3v) is 1.52. The van der Waals surface area contributed by atoms with Gasteiger partial charge in [0, 0.05) is 12.4 Å². The molecular formula is C8H9F2NO2. The first kappa shape index (κ1) is 9.70. The number of carbonyl (C=O) groups is 1. The zero-order valence-electron chi connectivity index (χ0n) is 6.78. The molecule has 3 nitrogen and oxygen atoms in total. The van der Waals surface area contributed by atoms with E-state index in [1.54, 1.807) is 0 Å². The molecule has 0 fully saturated rings. The van der Waals surface area contributed by atoms with Crippen molar-refractivity contribution in [3.63, 3.8) is 0 Å². The number of halogens is 2. The Morgan fingerprint density at radius 3 is 2.85 bits per heavy atom. The van der Waals surface area contributed by atoms with Gasteiger partial charge in [0.15, 0.2) is 0 Å². The Morgan fingerprint density at radius 1 is 1.62 bits per heavy atom. The Labute approximate surface area is 73.6 Å². The molecule has 0 saturated carbocycles. The molecule has 1 N–H and O–H groups in total. The molecule has 0 amide bonds. The molecule has 13 heavy (non-hydrogen) atoms. The Morgan fingerprint density at radius 2 is 2.31 bits per heavy atom. The van der Waals surface area contributed by atoms with Crippen molar-refractivity contribution in [3.8, 4) is 0 Å². The molecule has 0 aliphatic rings. The van der Waals surface area contributed by atoms with Crippen molar-refractivity contribution in [2.24, 2.45) is 0 Å². The molecule has 1 aromatic rings. The number of nitrogens with zero attached hydrogens (tertiary/aromatic N) is 1. The Bertz CT molecular complexity index is 296. The van der Waals surface area contributed by atoms with E-state index in [4.69, 9.17) is 5.11 Å². The highest BCUT2D eigenvalue weighted by Gasteiger charge is 2.06. The van der Waals surface area contributed by atoms with Gasteiger partial charge in [0.2, 0.25) is 0 Å². The highest BCUT2D eigenvalue weighted by molar-refractivity contribution is 5.69. The van der Waals surface area contributed by atoms with Gasteiger partial charge >= 0.3 is 5.97 Å². The lowest BCUT2D eigenvalue weighted by molar-refractivity contribution is -0.136. The molecule has 0 spiro atoms. The first-order valence-corrected chi connectivity index (χ1v) is 3.72. The number of hydrogen-bond donors (Lipinski definition) is 1. The Hall–Kier alpha value is -1.39. The summed E-state index contributed by atoms with van der Waals surface area (Å²) in [4.78, 5) is 10.2. The lowest BCUT2D eigenvalue weighted by atomic mass is 10.2. The molecule has 0 atom stereocenters. The summed E-state index contributed by atoms with van der Waals surface area (Å²) in [5, 5.41) is 8.40. The van der Waals surface area contributed by atoms with Gasteiger partial charge < -0.3 is 9.67 Å². The number of carboxylic acid groups (broad SMARTS) is 1. The minimum Gasteiger partial charge on any atom is -0.481 e. The standard InChI is InChI=1S/C8H9F2NO2/c9-7(10)5-11-2-1-6(4-11)3-8(12)13/h1-2,4,7H,3,5H2,(H,12,13). The van der Waals surface area contributed by atoms with Crippen LogP contribution in [0, 0.1) is 0 Å². The lowest BCUT2D eigenvalue weighted by Gasteiger charge is -1.99. The first-order valence-electron chi connectivity index (χ1n) is 3.72. The van der Waals surface area contributed by atoms with Crippen LogP contribution in [-0.4, -0.2) is 22.1 Å². The van der Waals surface area contributed by atoms with Gasteiger partial charge in [0.25, 0.3) is 6.43 Å². The first-order chi connectivity index (χ1) is 6.08. The van der Waals surface area contributed by atoms with Crippen LogP contribution in [0.5, 0.6) is 0 Å². The van der Waals surface area contributed by atoms with Crippen molar-refractivity contribution in [3.05, 3.63) is 24.0 Å². The fraction of sp³-hybridized carbons (Fsp3) is 0.375. The molecule has 0 saturated heterocycles. The molecule has 1 heterocycles. The molecule has 5 heteroatoms. The smallest absolute Gasteiger partial charge is 0.307 e. The summed E-state index contributed by atoms with van der Waals surface area (Å²) >= 11 is 0. The van der Waals surface area contributed by atoms with Crippen molar-refractivity contribution in [1.29, 1.82) is 0 Å². The van der Waals surface area contributed by atoms with E-state index >= 15 is 0 Å². The Kier molecular flexibility index (Phi) is 3.00. The molecule has 72 valence electrons. The maximum atomic E-state index is 11.9. The average Bonchev–Trinajstić information content (AvgIpc) is 2.33. The number of alkyl halides is 2. The van der Waals surface area contributed by atoms with Crippen LogP contribution in [0.4, 0.5) is 8.78 Å². The molecule has 0 unspecified atom stereocenters. The summed E-state index contributed by atoms with van der Waals surface area (Å²) in [7, 11) is 0. The van der Waals surface area contributed by atoms with Crippen LogP contribution in [-0.2, 0) is 17.8 Å². The summed E-state index contributed by atoms with van der Waals surface area (Å²) in [5.41, 5.74) is 0.535. The van der Waals surface area contributed by atoms with E-state index in [0.29, 0.717) is 5.56 Å². The van der Waals surface area contributed by atoms with Crippen LogP contribution in [0.15, 0.2) is 18.5 Å². The van der Waals surface area contributed by atoms with Crippen molar-refractivity contribution in [2.45, 2.75) is 19.4 Å². The number of carboxylic acids is 1. The van der Waals surface area contributed by atoms with Crippen LogP contribution in [0.2, 0.25) is 0 Å². The van der Waals surface area contributed by atoms with Crippen LogP contribution in [0.1, 0.15) is 5.56 Å². The molecule has 0 aliphatic carbocycles. The summed E-state index contributed by atoms with van der Waals surface area (Å²) in [5.74, 6) is -0.963. The molecular weight excluding hydrogens is 180 g/mol. The van der Waals surface area contributed by atoms with Gasteiger partial charge in [-0.3, -0.25) is 4.79 Å². The van der Waals surface area contributed by atoms with E-state index in [1.165, 1.54) is 23.0 Å². The summed E-state index contributed by atoms with van der Waals surface area (Å²) < 4.78 is 25.0. The number of aliphatic carboxylic acids is 1. The molecule has 0 radical (unpaired) electrons. The van der Waals surface area contributed by atoms with Crippen LogP contribution in [0.25, 0.3) is 0 Å². The summed E-state index contributed by atoms with van der Waals surface area (Å²) in [6.45, 7) is -0.389. The highest BCUT2D eigenvalue weighted by Crippen LogP contribution is 2.05. The van der Waals surface area contributed by atoms with E-state index < -0.39 is 12.4 Å². The topological polar surface area (TPSA) is 42.2 Å². The van der Waals surface area contributed by atoms with E-state index in [0.717, 1.165) is 0 Å². The van der Waals surface area contributed by atoms with Gasteiger partial charge in [0.05, 0.1) is 13.0 Å². The van der Waals surface area contributed by atoms with Crippen molar-refractivity contribution >= 4 is 5.97 Å². The minimum absolute atomic E-state index is 0.129. The largest absolute Gasteiger partial charge is 0.481 e. The van der Waals surface area contributed by atoms with Gasteiger partial charge in [-0.05, 0) is 11.6 Å². The second-order valence-electron chi connectivity index (χ2n) is 2.68. The third kappa shape index (κ3) is 3.23. The summed E-state index contributed by atoms with van der Waals surface area (Å²) in [6.07, 6.45) is 0.325. The van der Waals surface area contributed by atoms with E-state index in [-0.39, 0.29) is 13.0 Å². The predicted octanol–water partition coefficient (Wildman–Crippen LogP) is 1.38. The molecule has 0 aliphatic heterocycles. The maximum Gasteiger partial charge on any atom is 0.307 e. The second kappa shape index (κ2) is 4.02. The number of rotatable bonds is 4. The molecule has 0 bridgehead atoms. The van der Waals surface area contributed by atoms with Gasteiger partial charge in [-0.25, -0.2) is 8.78 Å². The highest BCUT2D eigenvalue weighted by atomic mass is 19.3. The van der Waals surface area contributed by atoms with Crippen molar-refractivity contribution < 1.29 is 18.7 Å². The number of aromatic nitrogens is 1. The molecule has 1 rings (SSSR count). The monoisotopic (exact) mass is 189 g/mol. The van der Waals surface area contributed by atoms with E-state index in [9.17, 15) is 13.6 Å². The average molecular weight is 189 g/mol. The third-order valence-electron chi connectivity index (χ3n) is 1.52. The van der Waals surface area contributed by atoms with Crippen LogP contribution < -0.4 is 0 Å². The second-order valence-corrected chi connectivity index (χ2v) is 2.68. The Balaban J connectivity index is 2.58. The zero-order chi connectivity index (χ0) is 9.84. The molecule has 0 aromatic carbocycles. The summed E-state index contributed by atoms with van der Waals surface area (Å²) in [6, 6.07) is 1.52. The van der Waals surface area contributed by atoms with Crippen LogP contribution >= 0.6 is 0 Å². The fourth-order valence-corrected chi connectivity index (χ4v) is 1.04. The molecule has 1 aromatic heterocycles. The zero-order valence-corrected chi connectivity index (χ0v) is 6.78. The lowest BCUT2D eigenvalue weighted by Crippen LogP contribution is -2.04. The van der Waals surface area contributed by atoms with Crippen molar-refractivity contribution in [1.82, 2.24) is 4.57 Å².